The van der Waals surface area contributed by atoms with Gasteiger partial charge in [0, 0.05) is 43.4 Å². The Labute approximate surface area is 222 Å². The van der Waals surface area contributed by atoms with Crippen molar-refractivity contribution in [1.29, 1.82) is 0 Å². The van der Waals surface area contributed by atoms with Crippen molar-refractivity contribution >= 4 is 34.2 Å². The molecule has 0 fully saturated rings. The molecule has 4 N–H and O–H groups in total. The number of nitrogens with zero attached hydrogens (tertiary/aromatic N) is 1. The minimum Gasteiger partial charge on any atom is -0.493 e. The number of aromatic nitrogens is 1. The number of hydrogen-bond acceptors (Lipinski definition) is 7. The highest BCUT2D eigenvalue weighted by atomic mass is 35.5. The van der Waals surface area contributed by atoms with Crippen molar-refractivity contribution in [2.45, 2.75) is 27.2 Å². The van der Waals surface area contributed by atoms with Gasteiger partial charge in [0.15, 0.2) is 11.5 Å². The van der Waals surface area contributed by atoms with Crippen molar-refractivity contribution in [3.63, 3.8) is 0 Å². The first kappa shape index (κ1) is 28.3. The Morgan fingerprint density at radius 1 is 1.05 bits per heavy atom. The maximum absolute atomic E-state index is 12.2. The van der Waals surface area contributed by atoms with Crippen LogP contribution in [0.2, 0.25) is 5.02 Å². The molecule has 0 aliphatic carbocycles. The van der Waals surface area contributed by atoms with Gasteiger partial charge in [0.05, 0.1) is 29.9 Å². The molecule has 2 amide bonds. The van der Waals surface area contributed by atoms with Crippen LogP contribution >= 0.6 is 11.6 Å². The third-order valence-corrected chi connectivity index (χ3v) is 5.70. The molecule has 10 heteroatoms. The summed E-state index contributed by atoms with van der Waals surface area (Å²) in [5.74, 6) is 2.17. The van der Waals surface area contributed by atoms with E-state index in [1.165, 1.54) is 0 Å². The molecule has 1 aromatic heterocycles. The number of anilines is 1. The van der Waals surface area contributed by atoms with Gasteiger partial charge in [-0.1, -0.05) is 32.4 Å². The molecule has 1 heterocycles. The van der Waals surface area contributed by atoms with Crippen molar-refractivity contribution in [2.24, 2.45) is 5.41 Å². The van der Waals surface area contributed by atoms with Crippen LogP contribution in [0, 0.1) is 5.41 Å². The molecular weight excluding hydrogens is 496 g/mol. The molecule has 2 aromatic carbocycles. The molecule has 200 valence electrons. The number of nitrogens with one attached hydrogen (secondary N) is 3. The highest BCUT2D eigenvalue weighted by Crippen LogP contribution is 2.38. The molecule has 0 saturated carbocycles. The van der Waals surface area contributed by atoms with Crippen LogP contribution in [0.15, 0.2) is 42.6 Å². The summed E-state index contributed by atoms with van der Waals surface area (Å²) < 4.78 is 17.5. The molecule has 37 heavy (non-hydrogen) atoms. The van der Waals surface area contributed by atoms with Crippen molar-refractivity contribution in [2.75, 3.05) is 45.3 Å². The van der Waals surface area contributed by atoms with Crippen LogP contribution < -0.4 is 30.2 Å². The fraction of sp³-hybridized carbons (Fsp3) is 0.407. The van der Waals surface area contributed by atoms with Gasteiger partial charge in [0.1, 0.15) is 18.1 Å². The summed E-state index contributed by atoms with van der Waals surface area (Å²) in [5.41, 5.74) is 1.30. The number of carbonyl (C=O) groups is 1. The summed E-state index contributed by atoms with van der Waals surface area (Å²) in [5, 5.41) is 18.6. The minimum atomic E-state index is -0.311. The van der Waals surface area contributed by atoms with E-state index in [-0.39, 0.29) is 18.1 Å². The second kappa shape index (κ2) is 13.3. The lowest BCUT2D eigenvalue weighted by molar-refractivity contribution is 0.250. The Morgan fingerprint density at radius 3 is 2.57 bits per heavy atom. The van der Waals surface area contributed by atoms with E-state index in [4.69, 9.17) is 30.9 Å². The standard InChI is InChI=1S/C27H35ClN4O5/c1-27(2,3)8-10-31-26(34)32-21-6-5-18(15-20(21)28)37-23-7-9-30-22-17-25(24(35-4)16-19(22)23)36-14-12-29-11-13-33/h5-7,9,15-17,29,33H,8,10-14H2,1-4H3,(H2,31,32,34). The fourth-order valence-corrected chi connectivity index (χ4v) is 3.65. The van der Waals surface area contributed by atoms with Gasteiger partial charge in [-0.3, -0.25) is 4.98 Å². The monoisotopic (exact) mass is 530 g/mol. The van der Waals surface area contributed by atoms with Crippen molar-refractivity contribution in [1.82, 2.24) is 15.6 Å². The summed E-state index contributed by atoms with van der Waals surface area (Å²) in [7, 11) is 1.57. The molecule has 0 spiro atoms. The molecule has 0 radical (unpaired) electrons. The van der Waals surface area contributed by atoms with Crippen LogP contribution in [-0.2, 0) is 0 Å². The smallest absolute Gasteiger partial charge is 0.319 e. The molecule has 3 aromatic rings. The van der Waals surface area contributed by atoms with Crippen LogP contribution in [0.4, 0.5) is 10.5 Å². The number of rotatable bonds is 12. The Morgan fingerprint density at radius 2 is 1.86 bits per heavy atom. The van der Waals surface area contributed by atoms with Gasteiger partial charge in [-0.25, -0.2) is 4.79 Å². The van der Waals surface area contributed by atoms with E-state index >= 15 is 0 Å². The van der Waals surface area contributed by atoms with E-state index in [0.29, 0.717) is 65.5 Å². The lowest BCUT2D eigenvalue weighted by Crippen LogP contribution is -2.31. The van der Waals surface area contributed by atoms with Crippen molar-refractivity contribution in [3.8, 4) is 23.0 Å². The maximum Gasteiger partial charge on any atom is 0.319 e. The molecule has 9 nitrogen and oxygen atoms in total. The minimum absolute atomic E-state index is 0.0729. The SMILES string of the molecule is COc1cc2c(Oc3ccc(NC(=O)NCCC(C)(C)C)c(Cl)c3)ccnc2cc1OCCNCCO. The largest absolute Gasteiger partial charge is 0.493 e. The Kier molecular flexibility index (Phi) is 10.2. The summed E-state index contributed by atoms with van der Waals surface area (Å²) in [6.45, 7) is 8.51. The first-order valence-electron chi connectivity index (χ1n) is 12.1. The van der Waals surface area contributed by atoms with E-state index in [2.05, 4.69) is 41.7 Å². The van der Waals surface area contributed by atoms with Crippen molar-refractivity contribution < 1.29 is 24.1 Å². The third kappa shape index (κ3) is 8.66. The number of pyridine rings is 1. The normalized spacial score (nSPS) is 11.3. The van der Waals surface area contributed by atoms with E-state index in [1.54, 1.807) is 43.6 Å². The zero-order valence-corrected chi connectivity index (χ0v) is 22.4. The number of carbonyl (C=O) groups excluding carboxylic acids is 1. The molecule has 0 atom stereocenters. The van der Waals surface area contributed by atoms with E-state index < -0.39 is 0 Å². The van der Waals surface area contributed by atoms with E-state index in [9.17, 15) is 4.79 Å². The van der Waals surface area contributed by atoms with Crippen LogP contribution in [0.3, 0.4) is 0 Å². The van der Waals surface area contributed by atoms with Gasteiger partial charge in [-0.2, -0.15) is 0 Å². The zero-order valence-electron chi connectivity index (χ0n) is 21.7. The van der Waals surface area contributed by atoms with Crippen LogP contribution in [0.1, 0.15) is 27.2 Å². The number of ether oxygens (including phenoxy) is 3. The maximum atomic E-state index is 12.2. The van der Waals surface area contributed by atoms with Gasteiger partial charge in [-0.15, -0.1) is 0 Å². The topological polar surface area (TPSA) is 114 Å². The van der Waals surface area contributed by atoms with Gasteiger partial charge in [0.25, 0.3) is 0 Å². The number of benzene rings is 2. The lowest BCUT2D eigenvalue weighted by atomic mass is 9.92. The second-order valence-electron chi connectivity index (χ2n) is 9.59. The molecule has 0 unspecified atom stereocenters. The number of fused-ring (bicyclic) bond motifs is 1. The number of methoxy groups -OCH3 is 1. The average molecular weight is 531 g/mol. The quantitative estimate of drug-likeness (QED) is 0.238. The van der Waals surface area contributed by atoms with Gasteiger partial charge in [0.2, 0.25) is 0 Å². The molecule has 0 aliphatic heterocycles. The third-order valence-electron chi connectivity index (χ3n) is 5.39. The summed E-state index contributed by atoms with van der Waals surface area (Å²) in [6, 6.07) is 10.1. The first-order valence-corrected chi connectivity index (χ1v) is 12.5. The molecule has 0 aliphatic rings. The summed E-state index contributed by atoms with van der Waals surface area (Å²) >= 11 is 6.42. The Bertz CT molecular complexity index is 1200. The second-order valence-corrected chi connectivity index (χ2v) is 9.99. The van der Waals surface area contributed by atoms with Crippen LogP contribution in [-0.4, -0.2) is 56.1 Å². The van der Waals surface area contributed by atoms with Gasteiger partial charge in [-0.05, 0) is 36.1 Å². The molecule has 3 rings (SSSR count). The van der Waals surface area contributed by atoms with Crippen LogP contribution in [0.25, 0.3) is 10.9 Å². The lowest BCUT2D eigenvalue weighted by Gasteiger charge is -2.18. The first-order chi connectivity index (χ1) is 17.7. The number of amides is 2. The van der Waals surface area contributed by atoms with Crippen LogP contribution in [0.5, 0.6) is 23.0 Å². The number of halogens is 1. The Hall–Kier alpha value is -3.27. The number of hydrogen-bond donors (Lipinski definition) is 4. The van der Waals surface area contributed by atoms with Gasteiger partial charge < -0.3 is 35.3 Å². The molecule has 0 bridgehead atoms. The van der Waals surface area contributed by atoms with E-state index in [1.807, 2.05) is 6.07 Å². The fourth-order valence-electron chi connectivity index (χ4n) is 3.43. The summed E-state index contributed by atoms with van der Waals surface area (Å²) in [6.07, 6.45) is 2.51. The summed E-state index contributed by atoms with van der Waals surface area (Å²) in [4.78, 5) is 16.7. The van der Waals surface area contributed by atoms with Gasteiger partial charge >= 0.3 is 6.03 Å². The number of urea groups is 1. The Balaban J connectivity index is 1.70. The predicted molar refractivity (Wildman–Crippen MR) is 146 cm³/mol. The highest BCUT2D eigenvalue weighted by molar-refractivity contribution is 6.33. The highest BCUT2D eigenvalue weighted by Gasteiger charge is 2.14. The number of aliphatic hydroxyl groups is 1. The molecule has 0 saturated heterocycles. The zero-order chi connectivity index (χ0) is 26.8. The molecular formula is C27H35ClN4O5. The van der Waals surface area contributed by atoms with E-state index in [0.717, 1.165) is 11.8 Å². The van der Waals surface area contributed by atoms with Crippen molar-refractivity contribution in [3.05, 3.63) is 47.6 Å². The average Bonchev–Trinajstić information content (AvgIpc) is 2.84. The number of aliphatic hydroxyl groups excluding tert-OH is 1. The predicted octanol–water partition coefficient (Wildman–Crippen LogP) is 5.21.